The van der Waals surface area contributed by atoms with Gasteiger partial charge in [-0.15, -0.1) is 0 Å². The maximum Gasteiger partial charge on any atom is 0.341 e. The van der Waals surface area contributed by atoms with Gasteiger partial charge < -0.3 is 4.74 Å². The summed E-state index contributed by atoms with van der Waals surface area (Å²) >= 11 is 5.95. The van der Waals surface area contributed by atoms with Crippen molar-refractivity contribution in [1.82, 2.24) is 0 Å². The van der Waals surface area contributed by atoms with E-state index in [1.54, 1.807) is 31.2 Å². The molecular weight excluding hydrogens is 240 g/mol. The fourth-order valence-electron chi connectivity index (χ4n) is 1.26. The molecule has 4 heteroatoms. The SMILES string of the molecule is CCOC(=O)C(=Cc1ccccc1Cl)C(C)=O. The number of Topliss-reactive ketones (excluding diaryl/α,β-unsaturated/α-hetero) is 1. The van der Waals surface area contributed by atoms with Crippen molar-refractivity contribution in [3.05, 3.63) is 40.4 Å². The molecule has 0 atom stereocenters. The zero-order chi connectivity index (χ0) is 12.8. The monoisotopic (exact) mass is 252 g/mol. The Morgan fingerprint density at radius 3 is 2.53 bits per heavy atom. The highest BCUT2D eigenvalue weighted by Crippen LogP contribution is 2.19. The van der Waals surface area contributed by atoms with Crippen molar-refractivity contribution in [2.75, 3.05) is 6.61 Å². The number of hydrogen-bond acceptors (Lipinski definition) is 3. The number of halogens is 1. The lowest BCUT2D eigenvalue weighted by Gasteiger charge is -2.04. The predicted octanol–water partition coefficient (Wildman–Crippen LogP) is 2.88. The van der Waals surface area contributed by atoms with Crippen molar-refractivity contribution in [2.24, 2.45) is 0 Å². The van der Waals surface area contributed by atoms with E-state index in [0.717, 1.165) is 0 Å². The van der Waals surface area contributed by atoms with Crippen LogP contribution in [-0.2, 0) is 14.3 Å². The third-order valence-corrected chi connectivity index (χ3v) is 2.42. The van der Waals surface area contributed by atoms with Gasteiger partial charge in [0.25, 0.3) is 0 Å². The number of rotatable bonds is 4. The van der Waals surface area contributed by atoms with Crippen molar-refractivity contribution in [2.45, 2.75) is 13.8 Å². The minimum atomic E-state index is -0.625. The Balaban J connectivity index is 3.11. The van der Waals surface area contributed by atoms with Crippen LogP contribution in [0.2, 0.25) is 5.02 Å². The van der Waals surface area contributed by atoms with Crippen molar-refractivity contribution in [1.29, 1.82) is 0 Å². The Bertz CT molecular complexity index is 463. The molecule has 0 amide bonds. The van der Waals surface area contributed by atoms with E-state index >= 15 is 0 Å². The molecule has 90 valence electrons. The van der Waals surface area contributed by atoms with Crippen LogP contribution in [-0.4, -0.2) is 18.4 Å². The molecule has 0 radical (unpaired) electrons. The number of ketones is 1. The van der Waals surface area contributed by atoms with Gasteiger partial charge in [-0.3, -0.25) is 4.79 Å². The normalized spacial score (nSPS) is 11.1. The largest absolute Gasteiger partial charge is 0.462 e. The van der Waals surface area contributed by atoms with Crippen molar-refractivity contribution in [3.8, 4) is 0 Å². The topological polar surface area (TPSA) is 43.4 Å². The molecule has 0 aliphatic heterocycles. The van der Waals surface area contributed by atoms with Crippen LogP contribution in [0, 0.1) is 0 Å². The van der Waals surface area contributed by atoms with Gasteiger partial charge in [-0.05, 0) is 31.6 Å². The van der Waals surface area contributed by atoms with Crippen LogP contribution in [0.3, 0.4) is 0 Å². The highest BCUT2D eigenvalue weighted by atomic mass is 35.5. The Morgan fingerprint density at radius 1 is 1.35 bits per heavy atom. The second kappa shape index (κ2) is 6.21. The van der Waals surface area contributed by atoms with E-state index in [1.165, 1.54) is 13.0 Å². The summed E-state index contributed by atoms with van der Waals surface area (Å²) < 4.78 is 4.81. The Hall–Kier alpha value is -1.61. The molecule has 0 aliphatic rings. The molecule has 3 nitrogen and oxygen atoms in total. The fourth-order valence-corrected chi connectivity index (χ4v) is 1.45. The van der Waals surface area contributed by atoms with Crippen molar-refractivity contribution in [3.63, 3.8) is 0 Å². The molecule has 0 unspecified atom stereocenters. The average molecular weight is 253 g/mol. The van der Waals surface area contributed by atoms with Gasteiger partial charge in [0.05, 0.1) is 6.61 Å². The van der Waals surface area contributed by atoms with Gasteiger partial charge in [-0.1, -0.05) is 29.8 Å². The van der Waals surface area contributed by atoms with E-state index in [-0.39, 0.29) is 18.0 Å². The molecule has 0 saturated heterocycles. The third kappa shape index (κ3) is 3.71. The van der Waals surface area contributed by atoms with Crippen LogP contribution in [0.1, 0.15) is 19.4 Å². The molecule has 1 aromatic rings. The van der Waals surface area contributed by atoms with E-state index in [1.807, 2.05) is 0 Å². The molecule has 0 aliphatic carbocycles. The zero-order valence-electron chi connectivity index (χ0n) is 9.70. The first-order valence-corrected chi connectivity index (χ1v) is 5.58. The minimum Gasteiger partial charge on any atom is -0.462 e. The first-order valence-electron chi connectivity index (χ1n) is 5.20. The van der Waals surface area contributed by atoms with Crippen LogP contribution in [0.25, 0.3) is 6.08 Å². The molecule has 0 spiro atoms. The molecule has 1 aromatic carbocycles. The average Bonchev–Trinajstić information content (AvgIpc) is 2.27. The highest BCUT2D eigenvalue weighted by molar-refractivity contribution is 6.32. The lowest BCUT2D eigenvalue weighted by atomic mass is 10.1. The van der Waals surface area contributed by atoms with Crippen LogP contribution >= 0.6 is 11.6 Å². The van der Waals surface area contributed by atoms with Gasteiger partial charge in [-0.2, -0.15) is 0 Å². The zero-order valence-corrected chi connectivity index (χ0v) is 10.5. The molecule has 0 bridgehead atoms. The molecule has 0 saturated carbocycles. The van der Waals surface area contributed by atoms with Crippen LogP contribution in [0.5, 0.6) is 0 Å². The summed E-state index contributed by atoms with van der Waals surface area (Å²) in [6.07, 6.45) is 1.45. The minimum absolute atomic E-state index is 0.0000463. The van der Waals surface area contributed by atoms with E-state index in [0.29, 0.717) is 10.6 Å². The maximum absolute atomic E-state index is 11.5. The predicted molar refractivity (Wildman–Crippen MR) is 66.7 cm³/mol. The summed E-state index contributed by atoms with van der Waals surface area (Å²) in [6.45, 7) is 3.23. The summed E-state index contributed by atoms with van der Waals surface area (Å²) in [6, 6.07) is 6.97. The van der Waals surface area contributed by atoms with E-state index in [4.69, 9.17) is 16.3 Å². The Labute approximate surface area is 105 Å². The van der Waals surface area contributed by atoms with Crippen molar-refractivity contribution >= 4 is 29.4 Å². The summed E-state index contributed by atoms with van der Waals surface area (Å²) in [5.41, 5.74) is 0.618. The van der Waals surface area contributed by atoms with E-state index in [9.17, 15) is 9.59 Å². The smallest absolute Gasteiger partial charge is 0.341 e. The molecule has 1 rings (SSSR count). The van der Waals surface area contributed by atoms with Crippen LogP contribution in [0.4, 0.5) is 0 Å². The van der Waals surface area contributed by atoms with Crippen LogP contribution in [0.15, 0.2) is 29.8 Å². The first kappa shape index (κ1) is 13.5. The third-order valence-electron chi connectivity index (χ3n) is 2.08. The summed E-state index contributed by atoms with van der Waals surface area (Å²) in [5, 5.41) is 0.482. The van der Waals surface area contributed by atoms with Crippen molar-refractivity contribution < 1.29 is 14.3 Å². The summed E-state index contributed by atoms with van der Waals surface area (Å²) in [4.78, 5) is 22.9. The lowest BCUT2D eigenvalue weighted by Crippen LogP contribution is -2.13. The lowest BCUT2D eigenvalue weighted by molar-refractivity contribution is -0.139. The number of esters is 1. The van der Waals surface area contributed by atoms with Crippen LogP contribution < -0.4 is 0 Å². The summed E-state index contributed by atoms with van der Waals surface area (Å²) in [5.74, 6) is -0.969. The molecular formula is C13H13ClO3. The first-order chi connectivity index (χ1) is 8.06. The molecule has 17 heavy (non-hydrogen) atoms. The van der Waals surface area contributed by atoms with Gasteiger partial charge in [0.1, 0.15) is 5.57 Å². The second-order valence-electron chi connectivity index (χ2n) is 3.36. The quantitative estimate of drug-likeness (QED) is 0.358. The Kier molecular flexibility index (Phi) is 4.91. The van der Waals surface area contributed by atoms with Gasteiger partial charge in [0, 0.05) is 5.02 Å². The Morgan fingerprint density at radius 2 is 2.00 bits per heavy atom. The molecule has 0 aromatic heterocycles. The van der Waals surface area contributed by atoms with Gasteiger partial charge >= 0.3 is 5.97 Å². The molecule has 0 N–H and O–H groups in total. The summed E-state index contributed by atoms with van der Waals surface area (Å²) in [7, 11) is 0. The number of carbonyl (C=O) groups is 2. The second-order valence-corrected chi connectivity index (χ2v) is 3.76. The standard InChI is InChI=1S/C13H13ClO3/c1-3-17-13(16)11(9(2)15)8-10-6-4-5-7-12(10)14/h4-8H,3H2,1-2H3. The number of carbonyl (C=O) groups excluding carboxylic acids is 2. The van der Waals surface area contributed by atoms with Gasteiger partial charge in [0.15, 0.2) is 5.78 Å². The molecule has 0 heterocycles. The number of ether oxygens (including phenoxy) is 1. The maximum atomic E-state index is 11.5. The highest BCUT2D eigenvalue weighted by Gasteiger charge is 2.15. The number of hydrogen-bond donors (Lipinski definition) is 0. The fraction of sp³-hybridized carbons (Fsp3) is 0.231. The molecule has 0 fully saturated rings. The van der Waals surface area contributed by atoms with Gasteiger partial charge in [0.2, 0.25) is 0 Å². The van der Waals surface area contributed by atoms with E-state index in [2.05, 4.69) is 0 Å². The number of benzene rings is 1. The van der Waals surface area contributed by atoms with Gasteiger partial charge in [-0.25, -0.2) is 4.79 Å². The van der Waals surface area contributed by atoms with E-state index < -0.39 is 5.97 Å².